The zero-order chi connectivity index (χ0) is 33.8. The van der Waals surface area contributed by atoms with Crippen LogP contribution in [0.5, 0.6) is 0 Å². The van der Waals surface area contributed by atoms with Crippen molar-refractivity contribution in [3.05, 3.63) is 168 Å². The molecular weight excluding hydrogens is 609 g/mol. The van der Waals surface area contributed by atoms with E-state index in [2.05, 4.69) is 153 Å². The minimum Gasteiger partial charge on any atom is -0.436 e. The average Bonchev–Trinajstić information content (AvgIpc) is 3.74. The first-order valence-corrected chi connectivity index (χ1v) is 17.5. The van der Waals surface area contributed by atoms with Crippen molar-refractivity contribution in [1.29, 1.82) is 0 Å². The zero-order valence-electron chi connectivity index (χ0n) is 28.7. The van der Waals surface area contributed by atoms with Gasteiger partial charge in [-0.2, -0.15) is 0 Å². The van der Waals surface area contributed by atoms with Crippen LogP contribution in [0, 0.1) is 0 Å². The van der Waals surface area contributed by atoms with Crippen LogP contribution in [-0.2, 0) is 5.41 Å². The van der Waals surface area contributed by atoms with Crippen molar-refractivity contribution in [2.24, 2.45) is 0 Å². The molecule has 0 amide bonds. The Morgan fingerprint density at radius 2 is 1.30 bits per heavy atom. The lowest BCUT2D eigenvalue weighted by Gasteiger charge is -2.20. The van der Waals surface area contributed by atoms with Crippen LogP contribution >= 0.6 is 0 Å². The molecule has 6 aromatic carbocycles. The van der Waals surface area contributed by atoms with Gasteiger partial charge < -0.3 is 8.98 Å². The summed E-state index contributed by atoms with van der Waals surface area (Å²) in [7, 11) is 0. The van der Waals surface area contributed by atoms with Crippen molar-refractivity contribution in [2.75, 3.05) is 0 Å². The molecule has 0 radical (unpaired) electrons. The Balaban J connectivity index is 1.13. The van der Waals surface area contributed by atoms with E-state index in [-0.39, 0.29) is 5.41 Å². The largest absolute Gasteiger partial charge is 0.436 e. The number of allylic oxidation sites excluding steroid dienone is 4. The molecule has 0 aliphatic heterocycles. The van der Waals surface area contributed by atoms with Gasteiger partial charge in [0.1, 0.15) is 5.52 Å². The van der Waals surface area contributed by atoms with Gasteiger partial charge in [-0.05, 0) is 112 Å². The molecule has 0 saturated heterocycles. The van der Waals surface area contributed by atoms with Gasteiger partial charge in [-0.25, -0.2) is 4.98 Å². The standard InChI is InChI=1S/C47H38N2O/c1-47(2,3)34-25-27-35(28-26-34)49-43-18-10-8-16-40(43)41-30-33(24-29-44(41)49)37-13-5-7-15-39(37)38-14-6-4-12-36(38)31-20-22-32(23-21-31)46-48-42-17-9-11-19-45(42)50-46/h4-5,7-13,15-30H,6,14H2,1-3H3. The normalized spacial score (nSPS) is 13.6. The molecule has 0 spiro atoms. The number of fused-ring (bicyclic) bond motifs is 4. The van der Waals surface area contributed by atoms with Crippen LogP contribution in [0.3, 0.4) is 0 Å². The van der Waals surface area contributed by atoms with E-state index in [1.165, 1.54) is 66.5 Å². The number of hydrogen-bond donors (Lipinski definition) is 0. The molecule has 3 nitrogen and oxygen atoms in total. The van der Waals surface area contributed by atoms with Crippen LogP contribution in [0.4, 0.5) is 0 Å². The molecule has 9 rings (SSSR count). The van der Waals surface area contributed by atoms with E-state index in [0.29, 0.717) is 5.89 Å². The van der Waals surface area contributed by atoms with Gasteiger partial charge in [0, 0.05) is 22.0 Å². The second-order valence-corrected chi connectivity index (χ2v) is 14.3. The van der Waals surface area contributed by atoms with Gasteiger partial charge in [-0.3, -0.25) is 0 Å². The maximum atomic E-state index is 6.06. The number of hydrogen-bond acceptors (Lipinski definition) is 2. The molecule has 0 bridgehead atoms. The van der Waals surface area contributed by atoms with E-state index in [1.807, 2.05) is 24.3 Å². The minimum atomic E-state index is 0.113. The van der Waals surface area contributed by atoms with Crippen molar-refractivity contribution >= 4 is 44.1 Å². The molecule has 3 heteroatoms. The maximum Gasteiger partial charge on any atom is 0.227 e. The quantitative estimate of drug-likeness (QED) is 0.186. The number of nitrogens with zero attached hydrogens (tertiary/aromatic N) is 2. The Bertz CT molecular complexity index is 2570. The highest BCUT2D eigenvalue weighted by atomic mass is 16.3. The number of rotatable bonds is 5. The van der Waals surface area contributed by atoms with Crippen molar-refractivity contribution in [3.8, 4) is 28.3 Å². The molecule has 0 atom stereocenters. The summed E-state index contributed by atoms with van der Waals surface area (Å²) in [5, 5.41) is 2.53. The molecule has 242 valence electrons. The lowest BCUT2D eigenvalue weighted by atomic mass is 9.84. The van der Waals surface area contributed by atoms with E-state index in [9.17, 15) is 0 Å². The average molecular weight is 647 g/mol. The molecule has 0 saturated carbocycles. The summed E-state index contributed by atoms with van der Waals surface area (Å²) in [6, 6.07) is 50.3. The topological polar surface area (TPSA) is 31.0 Å². The SMILES string of the molecule is CC(C)(C)c1ccc(-n2c3ccccc3c3cc(-c4ccccc4C4=C(c5ccc(-c6nc7ccccc7o6)cc5)C=CCC4)ccc32)cc1. The van der Waals surface area contributed by atoms with E-state index < -0.39 is 0 Å². The third-order valence-corrected chi connectivity index (χ3v) is 10.1. The summed E-state index contributed by atoms with van der Waals surface area (Å²) in [5.74, 6) is 0.648. The summed E-state index contributed by atoms with van der Waals surface area (Å²) >= 11 is 0. The van der Waals surface area contributed by atoms with Crippen LogP contribution in [0.25, 0.3) is 72.3 Å². The fourth-order valence-electron chi connectivity index (χ4n) is 7.53. The predicted molar refractivity (Wildman–Crippen MR) is 210 cm³/mol. The van der Waals surface area contributed by atoms with Gasteiger partial charge in [-0.15, -0.1) is 0 Å². The Hall–Kier alpha value is -5.93. The van der Waals surface area contributed by atoms with Crippen molar-refractivity contribution in [2.45, 2.75) is 39.0 Å². The van der Waals surface area contributed by atoms with E-state index in [0.717, 1.165) is 29.5 Å². The summed E-state index contributed by atoms with van der Waals surface area (Å²) in [4.78, 5) is 4.71. The van der Waals surface area contributed by atoms with E-state index in [4.69, 9.17) is 9.40 Å². The molecule has 2 aromatic heterocycles. The van der Waals surface area contributed by atoms with Crippen LogP contribution in [0.15, 0.2) is 156 Å². The zero-order valence-corrected chi connectivity index (χ0v) is 28.7. The van der Waals surface area contributed by atoms with E-state index in [1.54, 1.807) is 0 Å². The Morgan fingerprint density at radius 1 is 0.620 bits per heavy atom. The molecule has 1 aliphatic rings. The first-order chi connectivity index (χ1) is 24.4. The van der Waals surface area contributed by atoms with Crippen LogP contribution < -0.4 is 0 Å². The molecule has 0 fully saturated rings. The molecule has 0 unspecified atom stereocenters. The molecule has 2 heterocycles. The lowest BCUT2D eigenvalue weighted by Crippen LogP contribution is -2.10. The molecule has 1 aliphatic carbocycles. The van der Waals surface area contributed by atoms with Gasteiger partial charge in [0.15, 0.2) is 5.58 Å². The van der Waals surface area contributed by atoms with Crippen LogP contribution in [0.1, 0.15) is 50.3 Å². The monoisotopic (exact) mass is 646 g/mol. The van der Waals surface area contributed by atoms with Gasteiger partial charge >= 0.3 is 0 Å². The predicted octanol–water partition coefficient (Wildman–Crippen LogP) is 12.8. The number of benzene rings is 6. The van der Waals surface area contributed by atoms with Crippen LogP contribution in [0.2, 0.25) is 0 Å². The van der Waals surface area contributed by atoms with Crippen LogP contribution in [-0.4, -0.2) is 9.55 Å². The minimum absolute atomic E-state index is 0.113. The third-order valence-electron chi connectivity index (χ3n) is 10.1. The molecular formula is C47H38N2O. The fourth-order valence-corrected chi connectivity index (χ4v) is 7.53. The fraction of sp³-hybridized carbons (Fsp3) is 0.128. The van der Waals surface area contributed by atoms with E-state index >= 15 is 0 Å². The number of oxazole rings is 1. The third kappa shape index (κ3) is 5.18. The Labute approximate surface area is 292 Å². The van der Waals surface area contributed by atoms with Crippen molar-refractivity contribution < 1.29 is 4.42 Å². The van der Waals surface area contributed by atoms with Gasteiger partial charge in [0.2, 0.25) is 5.89 Å². The summed E-state index contributed by atoms with van der Waals surface area (Å²) in [6.45, 7) is 6.80. The van der Waals surface area contributed by atoms with Crippen molar-refractivity contribution in [3.63, 3.8) is 0 Å². The van der Waals surface area contributed by atoms with Crippen molar-refractivity contribution in [1.82, 2.24) is 9.55 Å². The first kappa shape index (κ1) is 30.2. The number of aromatic nitrogens is 2. The maximum absolute atomic E-state index is 6.06. The smallest absolute Gasteiger partial charge is 0.227 e. The second kappa shape index (κ2) is 11.9. The van der Waals surface area contributed by atoms with Gasteiger partial charge in [0.25, 0.3) is 0 Å². The lowest BCUT2D eigenvalue weighted by molar-refractivity contribution is 0.590. The second-order valence-electron chi connectivity index (χ2n) is 14.3. The highest BCUT2D eigenvalue weighted by Gasteiger charge is 2.20. The molecule has 50 heavy (non-hydrogen) atoms. The molecule has 8 aromatic rings. The highest BCUT2D eigenvalue weighted by Crippen LogP contribution is 2.41. The van der Waals surface area contributed by atoms with Gasteiger partial charge in [0.05, 0.1) is 11.0 Å². The Kier molecular flexibility index (Phi) is 7.17. The van der Waals surface area contributed by atoms with Gasteiger partial charge in [-0.1, -0.05) is 118 Å². The Morgan fingerprint density at radius 3 is 2.10 bits per heavy atom. The first-order valence-electron chi connectivity index (χ1n) is 17.5. The summed E-state index contributed by atoms with van der Waals surface area (Å²) in [6.07, 6.45) is 6.60. The summed E-state index contributed by atoms with van der Waals surface area (Å²) in [5.41, 5.74) is 15.3. The molecule has 0 N–H and O–H groups in total. The highest BCUT2D eigenvalue weighted by molar-refractivity contribution is 6.11. The summed E-state index contributed by atoms with van der Waals surface area (Å²) < 4.78 is 8.46. The number of para-hydroxylation sites is 3.